The number of hydrazine groups is 1. The molecule has 3 heteroatoms. The molecule has 4 N–H and O–H groups in total. The van der Waals surface area contributed by atoms with Crippen molar-refractivity contribution in [1.82, 2.24) is 5.01 Å². The van der Waals surface area contributed by atoms with Gasteiger partial charge in [-0.05, 0) is 13.0 Å². The standard InChI is InChI=1S/C5H15N3/c1-2-8(7)5-3-4-6/h2-7H2,1H3. The Bertz CT molecular complexity index is 46.9. The van der Waals surface area contributed by atoms with Crippen molar-refractivity contribution in [2.75, 3.05) is 19.6 Å². The first-order chi connectivity index (χ1) is 3.81. The minimum Gasteiger partial charge on any atom is -0.330 e. The normalized spacial score (nSPS) is 10.5. The van der Waals surface area contributed by atoms with Crippen LogP contribution in [-0.4, -0.2) is 24.6 Å². The Labute approximate surface area is 50.6 Å². The first kappa shape index (κ1) is 7.88. The molecule has 0 saturated carbocycles. The molecule has 0 aromatic carbocycles. The van der Waals surface area contributed by atoms with Gasteiger partial charge in [0.05, 0.1) is 0 Å². The summed E-state index contributed by atoms with van der Waals surface area (Å²) in [6, 6.07) is 0. The van der Waals surface area contributed by atoms with E-state index in [9.17, 15) is 0 Å². The van der Waals surface area contributed by atoms with Gasteiger partial charge < -0.3 is 5.73 Å². The van der Waals surface area contributed by atoms with E-state index >= 15 is 0 Å². The van der Waals surface area contributed by atoms with Gasteiger partial charge in [0.25, 0.3) is 0 Å². The van der Waals surface area contributed by atoms with Crippen molar-refractivity contribution in [3.63, 3.8) is 0 Å². The Kier molecular flexibility index (Phi) is 4.95. The topological polar surface area (TPSA) is 55.3 Å². The van der Waals surface area contributed by atoms with Crippen molar-refractivity contribution < 1.29 is 0 Å². The predicted octanol–water partition coefficient (Wildman–Crippen LogP) is -0.469. The maximum absolute atomic E-state index is 5.44. The molecule has 0 bridgehead atoms. The van der Waals surface area contributed by atoms with Gasteiger partial charge >= 0.3 is 0 Å². The lowest BCUT2D eigenvalue weighted by atomic mass is 10.4. The molecule has 0 fully saturated rings. The van der Waals surface area contributed by atoms with Crippen LogP contribution in [0.5, 0.6) is 0 Å². The summed E-state index contributed by atoms with van der Waals surface area (Å²) in [5.74, 6) is 5.44. The molecule has 0 unspecified atom stereocenters. The van der Waals surface area contributed by atoms with Crippen LogP contribution in [0.2, 0.25) is 0 Å². The van der Waals surface area contributed by atoms with Crippen LogP contribution < -0.4 is 11.6 Å². The highest BCUT2D eigenvalue weighted by Crippen LogP contribution is 1.78. The van der Waals surface area contributed by atoms with E-state index in [0.29, 0.717) is 0 Å². The third-order valence-corrected chi connectivity index (χ3v) is 1.06. The monoisotopic (exact) mass is 117 g/mol. The smallest absolute Gasteiger partial charge is 0.0140 e. The molecule has 8 heavy (non-hydrogen) atoms. The minimum atomic E-state index is 0.730. The first-order valence-electron chi connectivity index (χ1n) is 3.01. The Hall–Kier alpha value is -0.120. The van der Waals surface area contributed by atoms with E-state index in [2.05, 4.69) is 0 Å². The van der Waals surface area contributed by atoms with Crippen LogP contribution in [0.15, 0.2) is 0 Å². The van der Waals surface area contributed by atoms with Crippen LogP contribution >= 0.6 is 0 Å². The number of nitrogens with zero attached hydrogens (tertiary/aromatic N) is 1. The summed E-state index contributed by atoms with van der Waals surface area (Å²) in [5, 5.41) is 1.76. The third-order valence-electron chi connectivity index (χ3n) is 1.06. The fourth-order valence-corrected chi connectivity index (χ4v) is 0.452. The van der Waals surface area contributed by atoms with Crippen LogP contribution in [0, 0.1) is 0 Å². The van der Waals surface area contributed by atoms with Crippen molar-refractivity contribution in [2.24, 2.45) is 11.6 Å². The molecule has 0 aromatic rings. The Morgan fingerprint density at radius 2 is 2.12 bits per heavy atom. The van der Waals surface area contributed by atoms with E-state index < -0.39 is 0 Å². The third kappa shape index (κ3) is 4.05. The maximum atomic E-state index is 5.44. The molecule has 0 aliphatic carbocycles. The van der Waals surface area contributed by atoms with Gasteiger partial charge in [-0.3, -0.25) is 5.84 Å². The van der Waals surface area contributed by atoms with Crippen molar-refractivity contribution in [3.8, 4) is 0 Å². The molecule has 0 aliphatic heterocycles. The molecule has 0 aliphatic rings. The van der Waals surface area contributed by atoms with Gasteiger partial charge in [-0.1, -0.05) is 6.92 Å². The molecule has 0 rings (SSSR count). The zero-order valence-corrected chi connectivity index (χ0v) is 5.43. The first-order valence-corrected chi connectivity index (χ1v) is 3.01. The minimum absolute atomic E-state index is 0.730. The molecule has 0 heterocycles. The second-order valence-corrected chi connectivity index (χ2v) is 1.77. The zero-order chi connectivity index (χ0) is 6.41. The summed E-state index contributed by atoms with van der Waals surface area (Å²) in [7, 11) is 0. The highest BCUT2D eigenvalue weighted by Gasteiger charge is 1.89. The van der Waals surface area contributed by atoms with Crippen molar-refractivity contribution in [2.45, 2.75) is 13.3 Å². The van der Waals surface area contributed by atoms with E-state index in [1.807, 2.05) is 6.92 Å². The van der Waals surface area contributed by atoms with Crippen LogP contribution in [0.3, 0.4) is 0 Å². The molecule has 50 valence electrons. The van der Waals surface area contributed by atoms with Gasteiger partial charge in [0.2, 0.25) is 0 Å². The average molecular weight is 117 g/mol. The average Bonchev–Trinajstić information content (AvgIpc) is 1.83. The summed E-state index contributed by atoms with van der Waals surface area (Å²) in [4.78, 5) is 0. The molecule has 0 amide bonds. The fraction of sp³-hybridized carbons (Fsp3) is 1.00. The molecule has 3 nitrogen and oxygen atoms in total. The molecule has 0 saturated heterocycles. The van der Waals surface area contributed by atoms with E-state index in [0.717, 1.165) is 26.1 Å². The van der Waals surface area contributed by atoms with Crippen LogP contribution in [0.4, 0.5) is 0 Å². The Balaban J connectivity index is 2.86. The van der Waals surface area contributed by atoms with Gasteiger partial charge in [0, 0.05) is 13.1 Å². The van der Waals surface area contributed by atoms with Crippen LogP contribution in [0.25, 0.3) is 0 Å². The van der Waals surface area contributed by atoms with Gasteiger partial charge in [-0.25, -0.2) is 5.01 Å². The van der Waals surface area contributed by atoms with Crippen molar-refractivity contribution >= 4 is 0 Å². The molecule has 0 aromatic heterocycles. The molecular formula is C5H15N3. The number of nitrogens with two attached hydrogens (primary N) is 2. The largest absolute Gasteiger partial charge is 0.330 e. The van der Waals surface area contributed by atoms with E-state index in [4.69, 9.17) is 11.6 Å². The second-order valence-electron chi connectivity index (χ2n) is 1.77. The lowest BCUT2D eigenvalue weighted by Gasteiger charge is -2.11. The van der Waals surface area contributed by atoms with Gasteiger partial charge in [-0.15, -0.1) is 0 Å². The quantitative estimate of drug-likeness (QED) is 0.386. The summed E-state index contributed by atoms with van der Waals surface area (Å²) < 4.78 is 0. The van der Waals surface area contributed by atoms with Gasteiger partial charge in [0.1, 0.15) is 0 Å². The number of rotatable bonds is 4. The highest BCUT2D eigenvalue weighted by molar-refractivity contribution is 4.44. The predicted molar refractivity (Wildman–Crippen MR) is 35.1 cm³/mol. The van der Waals surface area contributed by atoms with Crippen molar-refractivity contribution in [1.29, 1.82) is 0 Å². The lowest BCUT2D eigenvalue weighted by Crippen LogP contribution is -2.32. The summed E-state index contributed by atoms with van der Waals surface area (Å²) >= 11 is 0. The fourth-order valence-electron chi connectivity index (χ4n) is 0.452. The molecule has 0 atom stereocenters. The molecular weight excluding hydrogens is 102 g/mol. The second kappa shape index (κ2) is 5.03. The van der Waals surface area contributed by atoms with Crippen molar-refractivity contribution in [3.05, 3.63) is 0 Å². The van der Waals surface area contributed by atoms with Gasteiger partial charge in [-0.2, -0.15) is 0 Å². The summed E-state index contributed by atoms with van der Waals surface area (Å²) in [6.45, 7) is 4.57. The number of hydrogen-bond acceptors (Lipinski definition) is 3. The van der Waals surface area contributed by atoms with Crippen LogP contribution in [-0.2, 0) is 0 Å². The van der Waals surface area contributed by atoms with Crippen LogP contribution in [0.1, 0.15) is 13.3 Å². The van der Waals surface area contributed by atoms with E-state index in [1.54, 1.807) is 5.01 Å². The zero-order valence-electron chi connectivity index (χ0n) is 5.43. The molecule has 0 spiro atoms. The highest BCUT2D eigenvalue weighted by atomic mass is 15.4. The summed E-state index contributed by atoms with van der Waals surface area (Å²) in [6.07, 6.45) is 0.990. The number of hydrogen-bond donors (Lipinski definition) is 2. The van der Waals surface area contributed by atoms with Gasteiger partial charge in [0.15, 0.2) is 0 Å². The SMILES string of the molecule is CCN(N)CCCN. The Morgan fingerprint density at radius 1 is 1.50 bits per heavy atom. The summed E-state index contributed by atoms with van der Waals surface area (Å²) in [5.41, 5.74) is 5.25. The van der Waals surface area contributed by atoms with E-state index in [1.165, 1.54) is 0 Å². The maximum Gasteiger partial charge on any atom is 0.0140 e. The molecule has 0 radical (unpaired) electrons. The Morgan fingerprint density at radius 3 is 2.50 bits per heavy atom. The lowest BCUT2D eigenvalue weighted by molar-refractivity contribution is 0.297. The van der Waals surface area contributed by atoms with E-state index in [-0.39, 0.29) is 0 Å².